The number of hydrogen-bond acceptors (Lipinski definition) is 3. The van der Waals surface area contributed by atoms with Crippen molar-refractivity contribution in [1.82, 2.24) is 9.71 Å². The van der Waals surface area contributed by atoms with Crippen LogP contribution < -0.4 is 4.72 Å². The van der Waals surface area contributed by atoms with E-state index in [-0.39, 0.29) is 0 Å². The first-order chi connectivity index (χ1) is 5.47. The second-order valence-electron chi connectivity index (χ2n) is 2.32. The van der Waals surface area contributed by atoms with Crippen molar-refractivity contribution in [2.75, 3.05) is 0 Å². The van der Waals surface area contributed by atoms with E-state index in [9.17, 15) is 0 Å². The minimum absolute atomic E-state index is 0.364. The highest BCUT2D eigenvalue weighted by molar-refractivity contribution is 8.00. The van der Waals surface area contributed by atoms with Crippen molar-refractivity contribution >= 4 is 11.9 Å². The topological polar surface area (TPSA) is 24.9 Å². The van der Waals surface area contributed by atoms with E-state index >= 15 is 0 Å². The van der Waals surface area contributed by atoms with Gasteiger partial charge < -0.3 is 0 Å². The molecule has 0 bridgehead atoms. The number of nitrogens with one attached hydrogen (secondary N) is 1. The number of nitrogens with zero attached hydrogens (tertiary/aromatic N) is 1. The van der Waals surface area contributed by atoms with E-state index in [0.29, 0.717) is 6.04 Å². The Kier molecular flexibility index (Phi) is 1.92. The molecule has 0 amide bonds. The zero-order valence-electron chi connectivity index (χ0n) is 5.90. The van der Waals surface area contributed by atoms with E-state index in [1.54, 1.807) is 11.9 Å². The smallest absolute Gasteiger partial charge is 0.0614 e. The molecule has 0 saturated carbocycles. The van der Waals surface area contributed by atoms with Crippen LogP contribution in [0.4, 0.5) is 0 Å². The van der Waals surface area contributed by atoms with Crippen molar-refractivity contribution < 1.29 is 0 Å². The summed E-state index contributed by atoms with van der Waals surface area (Å²) in [6.07, 6.45) is 5.77. The number of aromatic nitrogens is 1. The van der Waals surface area contributed by atoms with Crippen LogP contribution in [0.5, 0.6) is 0 Å². The molecular formula is C8H8N2S. The molecule has 2 rings (SSSR count). The number of hydrogen-bond donors (Lipinski definition) is 1. The highest BCUT2D eigenvalue weighted by atomic mass is 32.2. The van der Waals surface area contributed by atoms with Crippen molar-refractivity contribution in [3.63, 3.8) is 0 Å². The van der Waals surface area contributed by atoms with Crippen molar-refractivity contribution in [2.45, 2.75) is 6.04 Å². The van der Waals surface area contributed by atoms with Gasteiger partial charge in [0.15, 0.2) is 0 Å². The molecule has 56 valence electrons. The molecule has 0 radical (unpaired) electrons. The minimum atomic E-state index is 0.364. The maximum absolute atomic E-state index is 3.96. The average molecular weight is 164 g/mol. The third kappa shape index (κ3) is 1.44. The molecule has 1 unspecified atom stereocenters. The molecule has 3 heteroatoms. The zero-order chi connectivity index (χ0) is 7.52. The van der Waals surface area contributed by atoms with Gasteiger partial charge in [-0.05, 0) is 23.1 Å². The quantitative estimate of drug-likeness (QED) is 0.641. The van der Waals surface area contributed by atoms with Crippen LogP contribution >= 0.6 is 11.9 Å². The lowest BCUT2D eigenvalue weighted by atomic mass is 10.1. The predicted molar refractivity (Wildman–Crippen MR) is 46.8 cm³/mol. The Bertz CT molecular complexity index is 258. The van der Waals surface area contributed by atoms with E-state index in [1.165, 1.54) is 5.56 Å². The molecule has 1 atom stereocenters. The lowest BCUT2D eigenvalue weighted by Crippen LogP contribution is -2.06. The first kappa shape index (κ1) is 6.88. The fraction of sp³-hybridized carbons (Fsp3) is 0.125. The molecule has 0 spiro atoms. The Labute approximate surface area is 69.9 Å². The van der Waals surface area contributed by atoms with E-state index < -0.39 is 0 Å². The first-order valence-electron chi connectivity index (χ1n) is 3.44. The SMILES string of the molecule is C1=CC(c2ccncc2)NS1. The summed E-state index contributed by atoms with van der Waals surface area (Å²) in [4.78, 5) is 3.96. The summed E-state index contributed by atoms with van der Waals surface area (Å²) in [7, 11) is 0. The Balaban J connectivity index is 2.23. The van der Waals surface area contributed by atoms with Crippen LogP contribution in [-0.4, -0.2) is 4.98 Å². The summed E-state index contributed by atoms with van der Waals surface area (Å²) in [5.74, 6) is 0. The molecule has 0 saturated heterocycles. The van der Waals surface area contributed by atoms with Crippen LogP contribution in [0.25, 0.3) is 0 Å². The highest BCUT2D eigenvalue weighted by Crippen LogP contribution is 2.22. The molecule has 1 N–H and O–H groups in total. The Hall–Kier alpha value is -0.800. The molecule has 1 aliphatic heterocycles. The van der Waals surface area contributed by atoms with Crippen LogP contribution in [0, 0.1) is 0 Å². The molecule has 1 aliphatic rings. The highest BCUT2D eigenvalue weighted by Gasteiger charge is 2.09. The summed E-state index contributed by atoms with van der Waals surface area (Å²) in [5, 5.41) is 2.06. The van der Waals surface area contributed by atoms with Gasteiger partial charge in [0, 0.05) is 12.4 Å². The molecule has 11 heavy (non-hydrogen) atoms. The molecule has 1 aromatic heterocycles. The second-order valence-corrected chi connectivity index (χ2v) is 3.07. The number of rotatable bonds is 1. The number of pyridine rings is 1. The average Bonchev–Trinajstić information content (AvgIpc) is 2.58. The van der Waals surface area contributed by atoms with Crippen molar-refractivity contribution in [3.05, 3.63) is 41.6 Å². The second kappa shape index (κ2) is 3.07. The van der Waals surface area contributed by atoms with Crippen LogP contribution in [0.3, 0.4) is 0 Å². The van der Waals surface area contributed by atoms with Crippen molar-refractivity contribution in [1.29, 1.82) is 0 Å². The van der Waals surface area contributed by atoms with Crippen molar-refractivity contribution in [2.24, 2.45) is 0 Å². The zero-order valence-corrected chi connectivity index (χ0v) is 6.71. The van der Waals surface area contributed by atoms with Gasteiger partial charge in [0.2, 0.25) is 0 Å². The maximum atomic E-state index is 3.96. The lowest BCUT2D eigenvalue weighted by Gasteiger charge is -2.06. The molecule has 0 fully saturated rings. The third-order valence-electron chi connectivity index (χ3n) is 1.60. The normalized spacial score (nSPS) is 22.4. The van der Waals surface area contributed by atoms with E-state index in [4.69, 9.17) is 0 Å². The fourth-order valence-electron chi connectivity index (χ4n) is 1.02. The van der Waals surface area contributed by atoms with Crippen molar-refractivity contribution in [3.8, 4) is 0 Å². The first-order valence-corrected chi connectivity index (χ1v) is 4.32. The summed E-state index contributed by atoms with van der Waals surface area (Å²) < 4.78 is 3.25. The van der Waals surface area contributed by atoms with Gasteiger partial charge in [0.25, 0.3) is 0 Å². The molecule has 0 aromatic carbocycles. The minimum Gasteiger partial charge on any atom is -0.265 e. The molecule has 1 aromatic rings. The van der Waals surface area contributed by atoms with E-state index in [1.807, 2.05) is 24.5 Å². The summed E-state index contributed by atoms with van der Waals surface area (Å²) in [6.45, 7) is 0. The Morgan fingerprint density at radius 1 is 1.36 bits per heavy atom. The molecule has 2 nitrogen and oxygen atoms in total. The van der Waals surface area contributed by atoms with Crippen LogP contribution in [0.15, 0.2) is 36.0 Å². The summed E-state index contributed by atoms with van der Waals surface area (Å²) >= 11 is 1.63. The lowest BCUT2D eigenvalue weighted by molar-refractivity contribution is 0.851. The van der Waals surface area contributed by atoms with Gasteiger partial charge in [-0.15, -0.1) is 0 Å². The third-order valence-corrected chi connectivity index (χ3v) is 2.28. The summed E-state index contributed by atoms with van der Waals surface area (Å²) in [5.41, 5.74) is 1.27. The van der Waals surface area contributed by atoms with Gasteiger partial charge in [0.1, 0.15) is 0 Å². The van der Waals surface area contributed by atoms with Gasteiger partial charge >= 0.3 is 0 Å². The van der Waals surface area contributed by atoms with Gasteiger partial charge in [0.05, 0.1) is 6.04 Å². The maximum Gasteiger partial charge on any atom is 0.0614 e. The summed E-state index contributed by atoms with van der Waals surface area (Å²) in [6, 6.07) is 4.41. The van der Waals surface area contributed by atoms with Gasteiger partial charge in [-0.25, -0.2) is 4.72 Å². The predicted octanol–water partition coefficient (Wildman–Crippen LogP) is 1.89. The van der Waals surface area contributed by atoms with Crippen LogP contribution in [0.2, 0.25) is 0 Å². The van der Waals surface area contributed by atoms with Gasteiger partial charge in [-0.3, -0.25) is 4.98 Å². The van der Waals surface area contributed by atoms with E-state index in [2.05, 4.69) is 21.2 Å². The Morgan fingerprint density at radius 3 is 2.82 bits per heavy atom. The van der Waals surface area contributed by atoms with E-state index in [0.717, 1.165) is 0 Å². The largest absolute Gasteiger partial charge is 0.265 e. The Morgan fingerprint density at radius 2 is 2.18 bits per heavy atom. The van der Waals surface area contributed by atoms with Crippen LogP contribution in [-0.2, 0) is 0 Å². The van der Waals surface area contributed by atoms with Gasteiger partial charge in [-0.1, -0.05) is 18.0 Å². The fourth-order valence-corrected chi connectivity index (χ4v) is 1.70. The molecule has 2 heterocycles. The standard InChI is InChI=1S/C8H8N2S/c1-4-9-5-2-7(1)8-3-6-11-10-8/h1-6,8,10H. The van der Waals surface area contributed by atoms with Gasteiger partial charge in [-0.2, -0.15) is 0 Å². The monoisotopic (exact) mass is 164 g/mol. The van der Waals surface area contributed by atoms with Crippen LogP contribution in [0.1, 0.15) is 11.6 Å². The molecular weight excluding hydrogens is 156 g/mol. The molecule has 0 aliphatic carbocycles.